The highest BCUT2D eigenvalue weighted by Gasteiger charge is 2.06. The Morgan fingerprint density at radius 3 is 3.00 bits per heavy atom. The van der Waals surface area contributed by atoms with Crippen molar-refractivity contribution in [1.82, 2.24) is 15.5 Å². The van der Waals surface area contributed by atoms with E-state index in [0.717, 1.165) is 11.1 Å². The lowest BCUT2D eigenvalue weighted by molar-refractivity contribution is -0.120. The summed E-state index contributed by atoms with van der Waals surface area (Å²) in [6, 6.07) is 6.61. The van der Waals surface area contributed by atoms with Gasteiger partial charge in [0.15, 0.2) is 0 Å². The minimum atomic E-state index is -0.138. The average molecular weight is 246 g/mol. The Hall–Kier alpha value is -2.50. The first-order chi connectivity index (χ1) is 8.65. The summed E-state index contributed by atoms with van der Waals surface area (Å²) in [5, 5.41) is 18.4. The fourth-order valence-corrected chi connectivity index (χ4v) is 1.57. The van der Waals surface area contributed by atoms with Gasteiger partial charge in [0.1, 0.15) is 11.6 Å². The summed E-state index contributed by atoms with van der Waals surface area (Å²) >= 11 is 0. The van der Waals surface area contributed by atoms with Crippen molar-refractivity contribution in [2.24, 2.45) is 0 Å². The first-order valence-electron chi connectivity index (χ1n) is 5.47. The van der Waals surface area contributed by atoms with Crippen molar-refractivity contribution in [3.8, 4) is 5.75 Å². The number of benzene rings is 1. The molecular formula is C12H14N4O2. The molecule has 0 aliphatic carbocycles. The maximum absolute atomic E-state index is 11.7. The molecule has 18 heavy (non-hydrogen) atoms. The van der Waals surface area contributed by atoms with Gasteiger partial charge >= 0.3 is 0 Å². The number of carbonyl (C=O) groups excluding carboxylic acids is 1. The molecule has 5 N–H and O–H groups in total. The van der Waals surface area contributed by atoms with E-state index in [4.69, 9.17) is 5.73 Å². The monoisotopic (exact) mass is 246 g/mol. The number of phenolic OH excluding ortho intramolecular Hbond substituents is 1. The zero-order chi connectivity index (χ0) is 13.0. The van der Waals surface area contributed by atoms with E-state index in [0.29, 0.717) is 12.4 Å². The van der Waals surface area contributed by atoms with Crippen LogP contribution in [0.4, 0.5) is 5.82 Å². The van der Waals surface area contributed by atoms with Gasteiger partial charge < -0.3 is 16.2 Å². The molecule has 0 unspecified atom stereocenters. The number of aromatic nitrogens is 2. The molecule has 0 atom stereocenters. The quantitative estimate of drug-likeness (QED) is 0.632. The maximum Gasteiger partial charge on any atom is 0.224 e. The van der Waals surface area contributed by atoms with E-state index in [-0.39, 0.29) is 18.1 Å². The second kappa shape index (κ2) is 5.22. The summed E-state index contributed by atoms with van der Waals surface area (Å²) in [5.41, 5.74) is 7.10. The summed E-state index contributed by atoms with van der Waals surface area (Å²) in [5.74, 6) is 0.466. The number of rotatable bonds is 4. The summed E-state index contributed by atoms with van der Waals surface area (Å²) < 4.78 is 0. The fourth-order valence-electron chi connectivity index (χ4n) is 1.57. The third-order valence-corrected chi connectivity index (χ3v) is 2.50. The van der Waals surface area contributed by atoms with Crippen molar-refractivity contribution in [3.63, 3.8) is 0 Å². The van der Waals surface area contributed by atoms with E-state index in [1.54, 1.807) is 30.5 Å². The number of nitrogen functional groups attached to an aromatic ring is 1. The van der Waals surface area contributed by atoms with Crippen LogP contribution in [0, 0.1) is 0 Å². The SMILES string of the molecule is Nc1[nH]ncc1CNC(=O)Cc1cccc(O)c1. The number of hydrogen-bond acceptors (Lipinski definition) is 4. The average Bonchev–Trinajstić information content (AvgIpc) is 2.72. The number of carbonyl (C=O) groups is 1. The second-order valence-electron chi connectivity index (χ2n) is 3.93. The van der Waals surface area contributed by atoms with Gasteiger partial charge in [-0.25, -0.2) is 0 Å². The first kappa shape index (κ1) is 12.0. The molecule has 1 aromatic carbocycles. The Morgan fingerprint density at radius 2 is 2.33 bits per heavy atom. The molecule has 6 heteroatoms. The van der Waals surface area contributed by atoms with Gasteiger partial charge in [-0.15, -0.1) is 0 Å². The highest BCUT2D eigenvalue weighted by atomic mass is 16.3. The van der Waals surface area contributed by atoms with Crippen LogP contribution >= 0.6 is 0 Å². The van der Waals surface area contributed by atoms with Gasteiger partial charge in [-0.05, 0) is 17.7 Å². The number of nitrogens with one attached hydrogen (secondary N) is 2. The van der Waals surface area contributed by atoms with Crippen molar-refractivity contribution in [1.29, 1.82) is 0 Å². The van der Waals surface area contributed by atoms with Crippen LogP contribution in [0.3, 0.4) is 0 Å². The molecule has 0 saturated heterocycles. The van der Waals surface area contributed by atoms with Crippen molar-refractivity contribution >= 4 is 11.7 Å². The van der Waals surface area contributed by atoms with Gasteiger partial charge in [-0.3, -0.25) is 9.89 Å². The molecule has 0 fully saturated rings. The number of amides is 1. The summed E-state index contributed by atoms with van der Waals surface area (Å²) in [7, 11) is 0. The topological polar surface area (TPSA) is 104 Å². The third-order valence-electron chi connectivity index (χ3n) is 2.50. The van der Waals surface area contributed by atoms with Crippen LogP contribution < -0.4 is 11.1 Å². The minimum Gasteiger partial charge on any atom is -0.508 e. The predicted molar refractivity (Wildman–Crippen MR) is 66.7 cm³/mol. The van der Waals surface area contributed by atoms with Gasteiger partial charge in [0, 0.05) is 12.1 Å². The number of aromatic amines is 1. The number of anilines is 1. The summed E-state index contributed by atoms with van der Waals surface area (Å²) in [4.78, 5) is 11.7. The highest BCUT2D eigenvalue weighted by Crippen LogP contribution is 2.11. The van der Waals surface area contributed by atoms with Gasteiger partial charge in [-0.1, -0.05) is 12.1 Å². The molecule has 2 rings (SSSR count). The smallest absolute Gasteiger partial charge is 0.224 e. The molecule has 0 radical (unpaired) electrons. The Labute approximate surface area is 104 Å². The number of aromatic hydroxyl groups is 1. The van der Waals surface area contributed by atoms with Crippen LogP contribution in [-0.2, 0) is 17.8 Å². The number of nitrogens with two attached hydrogens (primary N) is 1. The summed E-state index contributed by atoms with van der Waals surface area (Å²) in [6.07, 6.45) is 1.79. The van der Waals surface area contributed by atoms with E-state index in [1.165, 1.54) is 0 Å². The summed E-state index contributed by atoms with van der Waals surface area (Å²) in [6.45, 7) is 0.333. The van der Waals surface area contributed by atoms with Crippen LogP contribution in [0.1, 0.15) is 11.1 Å². The van der Waals surface area contributed by atoms with Crippen molar-refractivity contribution in [3.05, 3.63) is 41.6 Å². The Morgan fingerprint density at radius 1 is 1.50 bits per heavy atom. The molecule has 6 nitrogen and oxygen atoms in total. The lowest BCUT2D eigenvalue weighted by atomic mass is 10.1. The molecule has 94 valence electrons. The van der Waals surface area contributed by atoms with E-state index in [1.807, 2.05) is 0 Å². The van der Waals surface area contributed by atoms with Gasteiger partial charge in [0.05, 0.1) is 12.6 Å². The van der Waals surface area contributed by atoms with E-state index in [2.05, 4.69) is 15.5 Å². The van der Waals surface area contributed by atoms with Crippen LogP contribution in [0.25, 0.3) is 0 Å². The Bertz CT molecular complexity index is 551. The van der Waals surface area contributed by atoms with Gasteiger partial charge in [0.25, 0.3) is 0 Å². The number of nitrogens with zero attached hydrogens (tertiary/aromatic N) is 1. The Kier molecular flexibility index (Phi) is 3.47. The van der Waals surface area contributed by atoms with Crippen LogP contribution in [0.2, 0.25) is 0 Å². The standard InChI is InChI=1S/C12H14N4O2/c13-12-9(7-15-16-12)6-14-11(18)5-8-2-1-3-10(17)4-8/h1-4,7,17H,5-6H2,(H,14,18)(H3,13,15,16). The number of phenols is 1. The largest absolute Gasteiger partial charge is 0.508 e. The van der Waals surface area contributed by atoms with Gasteiger partial charge in [-0.2, -0.15) is 5.10 Å². The molecule has 1 heterocycles. The molecular weight excluding hydrogens is 232 g/mol. The Balaban J connectivity index is 1.88. The molecule has 1 amide bonds. The van der Waals surface area contributed by atoms with Crippen molar-refractivity contribution in [2.75, 3.05) is 5.73 Å². The third kappa shape index (κ3) is 3.00. The maximum atomic E-state index is 11.7. The zero-order valence-corrected chi connectivity index (χ0v) is 9.68. The molecule has 2 aromatic rings. The first-order valence-corrected chi connectivity index (χ1v) is 5.47. The van der Waals surface area contributed by atoms with Gasteiger partial charge in [0.2, 0.25) is 5.91 Å². The number of H-pyrrole nitrogens is 1. The zero-order valence-electron chi connectivity index (χ0n) is 9.68. The molecule has 0 spiro atoms. The van der Waals surface area contributed by atoms with Crippen molar-refractivity contribution < 1.29 is 9.90 Å². The normalized spacial score (nSPS) is 10.2. The number of hydrogen-bond donors (Lipinski definition) is 4. The highest BCUT2D eigenvalue weighted by molar-refractivity contribution is 5.78. The lowest BCUT2D eigenvalue weighted by Crippen LogP contribution is -2.24. The molecule has 1 aromatic heterocycles. The van der Waals surface area contributed by atoms with Crippen LogP contribution in [0.15, 0.2) is 30.5 Å². The predicted octanol–water partition coefficient (Wildman–Crippen LogP) is 0.556. The van der Waals surface area contributed by atoms with E-state index >= 15 is 0 Å². The molecule has 0 aliphatic rings. The van der Waals surface area contributed by atoms with Crippen LogP contribution in [0.5, 0.6) is 5.75 Å². The lowest BCUT2D eigenvalue weighted by Gasteiger charge is -2.04. The molecule has 0 saturated carbocycles. The van der Waals surface area contributed by atoms with E-state index < -0.39 is 0 Å². The van der Waals surface area contributed by atoms with Crippen LogP contribution in [-0.4, -0.2) is 21.2 Å². The fraction of sp³-hybridized carbons (Fsp3) is 0.167. The molecule has 0 aliphatic heterocycles. The second-order valence-corrected chi connectivity index (χ2v) is 3.93. The van der Waals surface area contributed by atoms with E-state index in [9.17, 15) is 9.90 Å². The minimum absolute atomic E-state index is 0.138. The molecule has 0 bridgehead atoms. The van der Waals surface area contributed by atoms with Crippen molar-refractivity contribution in [2.45, 2.75) is 13.0 Å².